The molecule has 0 saturated heterocycles. The molecular weight excluding hydrogens is 320 g/mol. The van der Waals surface area contributed by atoms with E-state index in [4.69, 9.17) is 0 Å². The van der Waals surface area contributed by atoms with Crippen molar-refractivity contribution < 1.29 is 4.79 Å². The molecule has 4 rings (SSSR count). The Labute approximate surface area is 144 Å². The molecule has 120 valence electrons. The van der Waals surface area contributed by atoms with Gasteiger partial charge < -0.3 is 5.32 Å². The molecule has 0 fully saturated rings. The van der Waals surface area contributed by atoms with Crippen LogP contribution in [0.25, 0.3) is 5.69 Å². The van der Waals surface area contributed by atoms with Crippen LogP contribution in [0.2, 0.25) is 0 Å². The highest BCUT2D eigenvalue weighted by molar-refractivity contribution is 7.99. The van der Waals surface area contributed by atoms with Crippen LogP contribution in [0.3, 0.4) is 0 Å². The number of hydrogen-bond donors (Lipinski definition) is 1. The Kier molecular flexibility index (Phi) is 4.04. The second-order valence-corrected chi connectivity index (χ2v) is 6.72. The monoisotopic (exact) mass is 336 g/mol. The van der Waals surface area contributed by atoms with Gasteiger partial charge in [-0.1, -0.05) is 18.2 Å². The Morgan fingerprint density at radius 1 is 1.17 bits per heavy atom. The number of nitrogens with zero attached hydrogens (tertiary/aromatic N) is 3. The normalized spacial score (nSPS) is 16.4. The quantitative estimate of drug-likeness (QED) is 0.798. The Bertz CT molecular complexity index is 846. The summed E-state index contributed by atoms with van der Waals surface area (Å²) in [7, 11) is 0. The number of nitrogens with one attached hydrogen (secondary N) is 1. The van der Waals surface area contributed by atoms with E-state index in [1.54, 1.807) is 11.0 Å². The van der Waals surface area contributed by atoms with Gasteiger partial charge in [0.2, 0.25) is 0 Å². The lowest BCUT2D eigenvalue weighted by Crippen LogP contribution is -2.30. The number of hydrogen-bond acceptors (Lipinski definition) is 4. The third kappa shape index (κ3) is 2.92. The van der Waals surface area contributed by atoms with Gasteiger partial charge in [0.25, 0.3) is 5.91 Å². The van der Waals surface area contributed by atoms with Gasteiger partial charge in [0.15, 0.2) is 0 Å². The van der Waals surface area contributed by atoms with Crippen LogP contribution in [0.4, 0.5) is 0 Å². The summed E-state index contributed by atoms with van der Waals surface area (Å²) < 4.78 is 1.66. The minimum atomic E-state index is -0.0492. The molecule has 2 heterocycles. The fourth-order valence-electron chi connectivity index (χ4n) is 2.84. The lowest BCUT2D eigenvalue weighted by Gasteiger charge is -2.25. The summed E-state index contributed by atoms with van der Waals surface area (Å²) >= 11 is 1.85. The number of aromatic nitrogens is 3. The Hall–Kier alpha value is -2.60. The van der Waals surface area contributed by atoms with E-state index in [1.165, 1.54) is 16.8 Å². The van der Waals surface area contributed by atoms with E-state index in [9.17, 15) is 4.79 Å². The molecule has 3 aromatic rings. The second kappa shape index (κ2) is 6.49. The minimum absolute atomic E-state index is 0.0492. The summed E-state index contributed by atoms with van der Waals surface area (Å²) in [4.78, 5) is 17.8. The van der Waals surface area contributed by atoms with Crippen molar-refractivity contribution in [2.24, 2.45) is 0 Å². The molecule has 0 saturated carbocycles. The molecule has 5 nitrogen and oxygen atoms in total. The smallest absolute Gasteiger partial charge is 0.251 e. The van der Waals surface area contributed by atoms with E-state index in [0.717, 1.165) is 17.9 Å². The van der Waals surface area contributed by atoms with Crippen LogP contribution in [0, 0.1) is 0 Å². The first-order chi connectivity index (χ1) is 11.8. The van der Waals surface area contributed by atoms with Crippen molar-refractivity contribution in [2.75, 3.05) is 5.75 Å². The maximum Gasteiger partial charge on any atom is 0.251 e. The molecule has 1 amide bonds. The zero-order valence-electron chi connectivity index (χ0n) is 12.9. The van der Waals surface area contributed by atoms with Crippen molar-refractivity contribution in [3.8, 4) is 5.69 Å². The summed E-state index contributed by atoms with van der Waals surface area (Å²) in [6, 6.07) is 15.7. The molecule has 0 unspecified atom stereocenters. The van der Waals surface area contributed by atoms with Crippen LogP contribution < -0.4 is 5.32 Å². The molecule has 2 aromatic carbocycles. The molecule has 1 aliphatic heterocycles. The number of benzene rings is 2. The number of fused-ring (bicyclic) bond motifs is 1. The zero-order chi connectivity index (χ0) is 16.4. The molecule has 1 N–H and O–H groups in total. The van der Waals surface area contributed by atoms with Crippen LogP contribution in [0.5, 0.6) is 0 Å². The first kappa shape index (κ1) is 15.0. The highest BCUT2D eigenvalue weighted by atomic mass is 32.2. The average Bonchev–Trinajstić information content (AvgIpc) is 3.17. The molecule has 0 bridgehead atoms. The van der Waals surface area contributed by atoms with E-state index in [2.05, 4.69) is 27.5 Å². The maximum absolute atomic E-state index is 12.6. The van der Waals surface area contributed by atoms with Gasteiger partial charge in [0, 0.05) is 16.2 Å². The van der Waals surface area contributed by atoms with Gasteiger partial charge >= 0.3 is 0 Å². The first-order valence-electron chi connectivity index (χ1n) is 7.79. The van der Waals surface area contributed by atoms with Crippen LogP contribution in [0.15, 0.2) is 66.1 Å². The molecule has 1 aliphatic rings. The predicted octanol–water partition coefficient (Wildman–Crippen LogP) is 3.23. The molecular formula is C18H16N4OS. The second-order valence-electron chi connectivity index (χ2n) is 5.59. The average molecular weight is 336 g/mol. The SMILES string of the molecule is O=C(N[C@H]1CCSc2ccccc21)c1ccc(-n2cncn2)cc1. The lowest BCUT2D eigenvalue weighted by molar-refractivity contribution is 0.0935. The Morgan fingerprint density at radius 2 is 2.00 bits per heavy atom. The van der Waals surface area contributed by atoms with Gasteiger partial charge in [-0.25, -0.2) is 9.67 Å². The summed E-state index contributed by atoms with van der Waals surface area (Å²) in [5.41, 5.74) is 2.74. The van der Waals surface area contributed by atoms with Crippen LogP contribution in [-0.2, 0) is 0 Å². The summed E-state index contributed by atoms with van der Waals surface area (Å²) in [5.74, 6) is 0.972. The highest BCUT2D eigenvalue weighted by Gasteiger charge is 2.22. The standard InChI is InChI=1S/C18H16N4OS/c23-18(13-5-7-14(8-6-13)22-12-19-11-20-22)21-16-9-10-24-17-4-2-1-3-15(16)17/h1-8,11-12,16H,9-10H2,(H,21,23)/t16-/m0/s1. The summed E-state index contributed by atoms with van der Waals surface area (Å²) in [6.45, 7) is 0. The molecule has 6 heteroatoms. The molecule has 1 atom stereocenters. The fourth-order valence-corrected chi connectivity index (χ4v) is 3.97. The largest absolute Gasteiger partial charge is 0.345 e. The number of carbonyl (C=O) groups excluding carboxylic acids is 1. The Balaban J connectivity index is 1.51. The fraction of sp³-hybridized carbons (Fsp3) is 0.167. The molecule has 24 heavy (non-hydrogen) atoms. The maximum atomic E-state index is 12.6. The third-order valence-corrected chi connectivity index (χ3v) is 5.20. The molecule has 1 aromatic heterocycles. The highest BCUT2D eigenvalue weighted by Crippen LogP contribution is 2.35. The van der Waals surface area contributed by atoms with E-state index in [1.807, 2.05) is 48.2 Å². The topological polar surface area (TPSA) is 59.8 Å². The number of thioether (sulfide) groups is 1. The number of carbonyl (C=O) groups is 1. The van der Waals surface area contributed by atoms with E-state index >= 15 is 0 Å². The first-order valence-corrected chi connectivity index (χ1v) is 8.77. The molecule has 0 radical (unpaired) electrons. The van der Waals surface area contributed by atoms with Crippen LogP contribution in [0.1, 0.15) is 28.4 Å². The van der Waals surface area contributed by atoms with Gasteiger partial charge in [-0.05, 0) is 42.3 Å². The summed E-state index contributed by atoms with van der Waals surface area (Å²) in [5, 5.41) is 7.24. The Morgan fingerprint density at radius 3 is 2.79 bits per heavy atom. The zero-order valence-corrected chi connectivity index (χ0v) is 13.7. The predicted molar refractivity (Wildman–Crippen MR) is 93.3 cm³/mol. The number of rotatable bonds is 3. The number of amides is 1. The summed E-state index contributed by atoms with van der Waals surface area (Å²) in [6.07, 6.45) is 4.06. The third-order valence-electron chi connectivity index (χ3n) is 4.08. The van der Waals surface area contributed by atoms with E-state index in [0.29, 0.717) is 5.56 Å². The van der Waals surface area contributed by atoms with Gasteiger partial charge in [0.05, 0.1) is 11.7 Å². The van der Waals surface area contributed by atoms with Crippen molar-refractivity contribution in [1.29, 1.82) is 0 Å². The van der Waals surface area contributed by atoms with Crippen LogP contribution in [-0.4, -0.2) is 26.4 Å². The van der Waals surface area contributed by atoms with E-state index in [-0.39, 0.29) is 11.9 Å². The minimum Gasteiger partial charge on any atom is -0.345 e. The van der Waals surface area contributed by atoms with Crippen molar-refractivity contribution in [3.05, 3.63) is 72.3 Å². The van der Waals surface area contributed by atoms with Gasteiger partial charge in [-0.3, -0.25) is 4.79 Å². The van der Waals surface area contributed by atoms with Crippen molar-refractivity contribution >= 4 is 17.7 Å². The van der Waals surface area contributed by atoms with Gasteiger partial charge in [-0.2, -0.15) is 5.10 Å². The van der Waals surface area contributed by atoms with Crippen LogP contribution >= 0.6 is 11.8 Å². The molecule has 0 aliphatic carbocycles. The molecule has 0 spiro atoms. The van der Waals surface area contributed by atoms with Crippen molar-refractivity contribution in [1.82, 2.24) is 20.1 Å². The van der Waals surface area contributed by atoms with Crippen molar-refractivity contribution in [3.63, 3.8) is 0 Å². The van der Waals surface area contributed by atoms with E-state index < -0.39 is 0 Å². The lowest BCUT2D eigenvalue weighted by atomic mass is 10.0. The van der Waals surface area contributed by atoms with Gasteiger partial charge in [0.1, 0.15) is 12.7 Å². The van der Waals surface area contributed by atoms with Gasteiger partial charge in [-0.15, -0.1) is 11.8 Å². The van der Waals surface area contributed by atoms with Crippen molar-refractivity contribution in [2.45, 2.75) is 17.4 Å².